The second kappa shape index (κ2) is 13.5. The highest BCUT2D eigenvalue weighted by molar-refractivity contribution is 7.99. The molecule has 0 spiro atoms. The number of hydrogen-bond acceptors (Lipinski definition) is 5. The van der Waals surface area contributed by atoms with Crippen molar-refractivity contribution < 1.29 is 14.6 Å². The SMILES string of the molecule is COC(=O)C(CS[C@H](CCc1ccccc1C(C)(C)O)c1cccc(C=Cc2ccc3ccc(Cl)cc3n2)c1)C1CC1. The molecule has 4 aromatic rings. The first-order chi connectivity index (χ1) is 20.2. The third-order valence-electron chi connectivity index (χ3n) is 7.93. The van der Waals surface area contributed by atoms with Crippen molar-refractivity contribution >= 4 is 52.4 Å². The molecular formula is C36H38ClNO3S. The summed E-state index contributed by atoms with van der Waals surface area (Å²) >= 11 is 8.02. The van der Waals surface area contributed by atoms with Crippen LogP contribution in [0.15, 0.2) is 78.9 Å². The van der Waals surface area contributed by atoms with E-state index in [0.717, 1.165) is 64.7 Å². The third-order valence-corrected chi connectivity index (χ3v) is 9.63. The third kappa shape index (κ3) is 7.83. The lowest BCUT2D eigenvalue weighted by molar-refractivity contribution is -0.145. The molecule has 5 rings (SSSR count). The Balaban J connectivity index is 1.38. The van der Waals surface area contributed by atoms with Crippen LogP contribution in [0.1, 0.15) is 66.3 Å². The number of thioether (sulfide) groups is 1. The standard InChI is InChI=1S/C36H38ClNO3S/c1-36(2,40)32-10-5-4-8-26(32)16-20-34(42-23-31(25-12-13-25)35(39)41-3)28-9-6-7-24(21-28)11-18-30-19-15-27-14-17-29(37)22-33(27)38-30/h4-11,14-15,17-19,21-22,25,31,34,40H,12-13,16,20,23H2,1-3H3/t31?,34-/m1/s1. The van der Waals surface area contributed by atoms with Gasteiger partial charge in [0.25, 0.3) is 0 Å². The van der Waals surface area contributed by atoms with E-state index in [2.05, 4.69) is 42.5 Å². The molecule has 1 aliphatic carbocycles. The lowest BCUT2D eigenvalue weighted by Crippen LogP contribution is -2.21. The molecule has 1 heterocycles. The maximum Gasteiger partial charge on any atom is 0.309 e. The number of methoxy groups -OCH3 is 1. The molecule has 0 radical (unpaired) electrons. The predicted octanol–water partition coefficient (Wildman–Crippen LogP) is 8.89. The van der Waals surface area contributed by atoms with Gasteiger partial charge >= 0.3 is 5.97 Å². The fourth-order valence-corrected chi connectivity index (χ4v) is 7.12. The molecule has 1 unspecified atom stereocenters. The van der Waals surface area contributed by atoms with Gasteiger partial charge in [0.1, 0.15) is 0 Å². The number of halogens is 1. The molecule has 1 aliphatic rings. The number of ether oxygens (including phenoxy) is 1. The number of fused-ring (bicyclic) bond motifs is 1. The molecule has 6 heteroatoms. The summed E-state index contributed by atoms with van der Waals surface area (Å²) in [6, 6.07) is 26.6. The average Bonchev–Trinajstić information content (AvgIpc) is 3.82. The van der Waals surface area contributed by atoms with E-state index in [1.807, 2.05) is 74.1 Å². The van der Waals surface area contributed by atoms with Gasteiger partial charge in [-0.05, 0) is 92.0 Å². The highest BCUT2D eigenvalue weighted by Gasteiger charge is 2.37. The Hall–Kier alpha value is -3.12. The number of hydrogen-bond donors (Lipinski definition) is 1. The van der Waals surface area contributed by atoms with Gasteiger partial charge in [-0.3, -0.25) is 4.79 Å². The summed E-state index contributed by atoms with van der Waals surface area (Å²) in [6.07, 6.45) is 8.03. The molecule has 4 nitrogen and oxygen atoms in total. The molecule has 1 aromatic heterocycles. The molecule has 0 saturated heterocycles. The number of benzene rings is 3. The van der Waals surface area contributed by atoms with E-state index in [1.165, 1.54) is 12.7 Å². The van der Waals surface area contributed by atoms with Crippen molar-refractivity contribution in [3.8, 4) is 0 Å². The number of esters is 1. The van der Waals surface area contributed by atoms with E-state index in [0.29, 0.717) is 10.9 Å². The van der Waals surface area contributed by atoms with Crippen molar-refractivity contribution in [3.63, 3.8) is 0 Å². The number of aliphatic hydroxyl groups is 1. The maximum absolute atomic E-state index is 12.6. The summed E-state index contributed by atoms with van der Waals surface area (Å²) in [7, 11) is 1.49. The van der Waals surface area contributed by atoms with E-state index in [1.54, 1.807) is 0 Å². The van der Waals surface area contributed by atoms with Crippen LogP contribution in [0, 0.1) is 11.8 Å². The van der Waals surface area contributed by atoms with Crippen molar-refractivity contribution in [2.75, 3.05) is 12.9 Å². The topological polar surface area (TPSA) is 59.4 Å². The Morgan fingerprint density at radius 3 is 2.62 bits per heavy atom. The van der Waals surface area contributed by atoms with Crippen LogP contribution in [-0.2, 0) is 21.6 Å². The second-order valence-corrected chi connectivity index (χ2v) is 13.3. The zero-order valence-corrected chi connectivity index (χ0v) is 26.0. The second-order valence-electron chi connectivity index (χ2n) is 11.6. The quantitative estimate of drug-likeness (QED) is 0.165. The van der Waals surface area contributed by atoms with Crippen LogP contribution < -0.4 is 0 Å². The number of pyridine rings is 1. The normalized spacial score (nSPS) is 15.2. The first-order valence-electron chi connectivity index (χ1n) is 14.6. The van der Waals surface area contributed by atoms with Crippen molar-refractivity contribution in [3.05, 3.63) is 112 Å². The van der Waals surface area contributed by atoms with Crippen molar-refractivity contribution in [2.24, 2.45) is 11.8 Å². The molecular weight excluding hydrogens is 562 g/mol. The Bertz CT molecular complexity index is 1570. The Morgan fingerprint density at radius 2 is 1.86 bits per heavy atom. The number of carbonyl (C=O) groups excluding carboxylic acids is 1. The molecule has 0 amide bonds. The summed E-state index contributed by atoms with van der Waals surface area (Å²) in [5.74, 6) is 0.998. The zero-order chi connectivity index (χ0) is 29.7. The monoisotopic (exact) mass is 599 g/mol. The Labute approximate surface area is 258 Å². The molecule has 3 aromatic carbocycles. The number of aryl methyl sites for hydroxylation is 1. The molecule has 218 valence electrons. The van der Waals surface area contributed by atoms with Crippen LogP contribution in [0.3, 0.4) is 0 Å². The van der Waals surface area contributed by atoms with Gasteiger partial charge in [-0.25, -0.2) is 4.98 Å². The summed E-state index contributed by atoms with van der Waals surface area (Å²) in [6.45, 7) is 3.67. The van der Waals surface area contributed by atoms with Gasteiger partial charge < -0.3 is 9.84 Å². The Kier molecular flexibility index (Phi) is 9.72. The van der Waals surface area contributed by atoms with E-state index < -0.39 is 5.60 Å². The van der Waals surface area contributed by atoms with Gasteiger partial charge in [0.2, 0.25) is 0 Å². The van der Waals surface area contributed by atoms with Gasteiger partial charge in [0.05, 0.1) is 29.8 Å². The summed E-state index contributed by atoms with van der Waals surface area (Å²) in [4.78, 5) is 17.3. The van der Waals surface area contributed by atoms with Gasteiger partial charge in [0, 0.05) is 21.4 Å². The van der Waals surface area contributed by atoms with Crippen LogP contribution in [-0.4, -0.2) is 28.9 Å². The first kappa shape index (κ1) is 30.3. The van der Waals surface area contributed by atoms with E-state index in [4.69, 9.17) is 21.3 Å². The average molecular weight is 600 g/mol. The summed E-state index contributed by atoms with van der Waals surface area (Å²) in [5.41, 5.74) is 5.26. The van der Waals surface area contributed by atoms with Crippen LogP contribution in [0.25, 0.3) is 23.1 Å². The molecule has 1 saturated carbocycles. The summed E-state index contributed by atoms with van der Waals surface area (Å²) < 4.78 is 5.16. The highest BCUT2D eigenvalue weighted by atomic mass is 35.5. The molecule has 1 N–H and O–H groups in total. The lowest BCUT2D eigenvalue weighted by atomic mass is 9.90. The number of aromatic nitrogens is 1. The number of nitrogens with zero attached hydrogens (tertiary/aromatic N) is 1. The maximum atomic E-state index is 12.6. The minimum Gasteiger partial charge on any atom is -0.469 e. The van der Waals surface area contributed by atoms with Crippen LogP contribution in [0.2, 0.25) is 5.02 Å². The van der Waals surface area contributed by atoms with Crippen LogP contribution >= 0.6 is 23.4 Å². The van der Waals surface area contributed by atoms with Gasteiger partial charge in [0.15, 0.2) is 0 Å². The fourth-order valence-electron chi connectivity index (χ4n) is 5.48. The lowest BCUT2D eigenvalue weighted by Gasteiger charge is -2.24. The number of rotatable bonds is 12. The molecule has 0 bridgehead atoms. The van der Waals surface area contributed by atoms with E-state index in [-0.39, 0.29) is 17.1 Å². The van der Waals surface area contributed by atoms with Crippen molar-refractivity contribution in [1.29, 1.82) is 0 Å². The largest absolute Gasteiger partial charge is 0.469 e. The van der Waals surface area contributed by atoms with E-state index >= 15 is 0 Å². The Morgan fingerprint density at radius 1 is 1.07 bits per heavy atom. The molecule has 1 fully saturated rings. The predicted molar refractivity (Wildman–Crippen MR) is 176 cm³/mol. The van der Waals surface area contributed by atoms with Gasteiger partial charge in [-0.15, -0.1) is 0 Å². The minimum absolute atomic E-state index is 0.0679. The highest BCUT2D eigenvalue weighted by Crippen LogP contribution is 2.43. The zero-order valence-electron chi connectivity index (χ0n) is 24.4. The molecule has 0 aliphatic heterocycles. The molecule has 2 atom stereocenters. The fraction of sp³-hybridized carbons (Fsp3) is 0.333. The van der Waals surface area contributed by atoms with Crippen molar-refractivity contribution in [1.82, 2.24) is 4.98 Å². The van der Waals surface area contributed by atoms with Crippen molar-refractivity contribution in [2.45, 2.75) is 50.4 Å². The van der Waals surface area contributed by atoms with Gasteiger partial charge in [-0.2, -0.15) is 11.8 Å². The van der Waals surface area contributed by atoms with Gasteiger partial charge in [-0.1, -0.05) is 78.3 Å². The summed E-state index contributed by atoms with van der Waals surface area (Å²) in [5, 5.41) is 12.7. The smallest absolute Gasteiger partial charge is 0.309 e. The first-order valence-corrected chi connectivity index (χ1v) is 16.0. The minimum atomic E-state index is -0.909. The van der Waals surface area contributed by atoms with Crippen LogP contribution in [0.5, 0.6) is 0 Å². The van der Waals surface area contributed by atoms with E-state index in [9.17, 15) is 9.90 Å². The molecule has 42 heavy (non-hydrogen) atoms. The van der Waals surface area contributed by atoms with Crippen LogP contribution in [0.4, 0.5) is 0 Å². The number of carbonyl (C=O) groups is 1.